The molecule has 37 heavy (non-hydrogen) atoms. The smallest absolute Gasteiger partial charge is 0.257 e. The van der Waals surface area contributed by atoms with Gasteiger partial charge in [-0.1, -0.05) is 18.6 Å². The molecule has 2 bridgehead atoms. The highest BCUT2D eigenvalue weighted by Gasteiger charge is 2.36. The molecule has 4 heterocycles. The van der Waals surface area contributed by atoms with Gasteiger partial charge in [0, 0.05) is 32.3 Å². The van der Waals surface area contributed by atoms with Gasteiger partial charge >= 0.3 is 0 Å². The zero-order valence-corrected chi connectivity index (χ0v) is 21.8. The fraction of sp³-hybridized carbons (Fsp3) is 0.483. The van der Waals surface area contributed by atoms with Gasteiger partial charge in [-0.15, -0.1) is 0 Å². The molecule has 2 aromatic carbocycles. The average Bonchev–Trinajstić information content (AvgIpc) is 3.29. The van der Waals surface area contributed by atoms with E-state index in [0.717, 1.165) is 62.1 Å². The summed E-state index contributed by atoms with van der Waals surface area (Å²) in [5.74, 6) is 1.38. The van der Waals surface area contributed by atoms with Crippen molar-refractivity contribution in [3.8, 4) is 5.75 Å². The number of aromatic nitrogens is 2. The molecule has 0 spiro atoms. The summed E-state index contributed by atoms with van der Waals surface area (Å²) in [6.45, 7) is 5.44. The number of ether oxygens (including phenoxy) is 2. The highest BCUT2D eigenvalue weighted by atomic mass is 16.5. The third-order valence-corrected chi connectivity index (χ3v) is 7.82. The van der Waals surface area contributed by atoms with Gasteiger partial charge in [0.1, 0.15) is 18.2 Å². The van der Waals surface area contributed by atoms with Crippen LogP contribution in [0.2, 0.25) is 0 Å². The molecule has 2 amide bonds. The van der Waals surface area contributed by atoms with Crippen LogP contribution in [-0.2, 0) is 4.74 Å². The lowest BCUT2D eigenvalue weighted by Crippen LogP contribution is -2.45. The van der Waals surface area contributed by atoms with Crippen molar-refractivity contribution in [2.45, 2.75) is 39.0 Å². The van der Waals surface area contributed by atoms with E-state index in [4.69, 9.17) is 9.47 Å². The lowest BCUT2D eigenvalue weighted by atomic mass is 9.75. The zero-order valence-electron chi connectivity index (χ0n) is 21.8. The second kappa shape index (κ2) is 10.9. The monoisotopic (exact) mass is 504 g/mol. The fourth-order valence-electron chi connectivity index (χ4n) is 5.73. The van der Waals surface area contributed by atoms with Crippen LogP contribution in [-0.4, -0.2) is 78.1 Å². The number of amides is 2. The first-order valence-corrected chi connectivity index (χ1v) is 13.2. The first-order valence-electron chi connectivity index (χ1n) is 13.2. The molecular weight excluding hydrogens is 468 g/mol. The molecule has 3 aliphatic heterocycles. The van der Waals surface area contributed by atoms with Crippen molar-refractivity contribution in [1.29, 1.82) is 0 Å². The van der Waals surface area contributed by atoms with Crippen molar-refractivity contribution in [2.24, 2.45) is 5.41 Å². The third-order valence-electron chi connectivity index (χ3n) is 7.82. The van der Waals surface area contributed by atoms with E-state index in [1.807, 2.05) is 59.2 Å². The number of rotatable bonds is 3. The van der Waals surface area contributed by atoms with Gasteiger partial charge in [-0.2, -0.15) is 0 Å². The molecule has 1 fully saturated rings. The minimum Gasteiger partial charge on any atom is -0.491 e. The Bertz CT molecular complexity index is 1260. The van der Waals surface area contributed by atoms with Gasteiger partial charge in [0.2, 0.25) is 0 Å². The Morgan fingerprint density at radius 2 is 1.89 bits per heavy atom. The molecule has 0 unspecified atom stereocenters. The normalized spacial score (nSPS) is 18.7. The first kappa shape index (κ1) is 25.3. The van der Waals surface area contributed by atoms with Crippen LogP contribution in [0.4, 0.5) is 0 Å². The molecule has 3 aromatic rings. The van der Waals surface area contributed by atoms with Crippen LogP contribution in [0.3, 0.4) is 0 Å². The number of imidazole rings is 1. The standard InChI is InChI=1S/C29H36N4O4/c1-21-30-24-10-9-22(19-25(24)31-21)27(34)32-14-6-5-11-29(20-36-2)12-15-33(16-13-29)28(35)23-7-3-4-8-26(23)37-18-17-32/h3-4,7-10,19H,5-6,11-18,20H2,1-2H3,(H,30,31). The van der Waals surface area contributed by atoms with Crippen molar-refractivity contribution in [3.63, 3.8) is 0 Å². The number of hydrogen-bond donors (Lipinski definition) is 1. The van der Waals surface area contributed by atoms with Crippen LogP contribution in [0, 0.1) is 12.3 Å². The molecule has 1 saturated heterocycles. The molecule has 1 N–H and O–H groups in total. The Labute approximate surface area is 217 Å². The number of aromatic amines is 1. The summed E-state index contributed by atoms with van der Waals surface area (Å²) in [5, 5.41) is 0. The highest BCUT2D eigenvalue weighted by Crippen LogP contribution is 2.38. The van der Waals surface area contributed by atoms with Crippen molar-refractivity contribution in [1.82, 2.24) is 19.8 Å². The SMILES string of the molecule is COCC12CCCCN(C(=O)c3ccc4nc(C)[nH]c4c3)CCOc3ccccc3C(=O)N(CC1)CC2. The van der Waals surface area contributed by atoms with Crippen LogP contribution in [0.1, 0.15) is 58.6 Å². The summed E-state index contributed by atoms with van der Waals surface area (Å²) in [5.41, 5.74) is 2.99. The minimum atomic E-state index is -0.0231. The van der Waals surface area contributed by atoms with E-state index in [1.165, 1.54) is 0 Å². The molecule has 8 heteroatoms. The molecule has 0 radical (unpaired) electrons. The number of benzene rings is 2. The van der Waals surface area contributed by atoms with Gasteiger partial charge in [-0.05, 0) is 68.4 Å². The number of hydrogen-bond acceptors (Lipinski definition) is 5. The fourth-order valence-corrected chi connectivity index (χ4v) is 5.73. The van der Waals surface area contributed by atoms with Crippen LogP contribution in [0.5, 0.6) is 5.75 Å². The number of nitrogens with one attached hydrogen (secondary N) is 1. The number of piperidine rings is 1. The van der Waals surface area contributed by atoms with Gasteiger partial charge in [-0.3, -0.25) is 9.59 Å². The molecule has 0 aliphatic carbocycles. The lowest BCUT2D eigenvalue weighted by Gasteiger charge is -2.41. The van der Waals surface area contributed by atoms with Gasteiger partial charge in [0.05, 0.1) is 29.7 Å². The average molecular weight is 505 g/mol. The van der Waals surface area contributed by atoms with E-state index in [9.17, 15) is 9.59 Å². The summed E-state index contributed by atoms with van der Waals surface area (Å²) < 4.78 is 11.7. The Hall–Kier alpha value is -3.39. The van der Waals surface area contributed by atoms with E-state index >= 15 is 0 Å². The van der Waals surface area contributed by atoms with Gasteiger partial charge in [0.25, 0.3) is 11.8 Å². The van der Waals surface area contributed by atoms with E-state index in [2.05, 4.69) is 9.97 Å². The van der Waals surface area contributed by atoms with Crippen LogP contribution in [0.25, 0.3) is 11.0 Å². The molecule has 8 nitrogen and oxygen atoms in total. The van der Waals surface area contributed by atoms with Crippen molar-refractivity contribution < 1.29 is 19.1 Å². The van der Waals surface area contributed by atoms with Crippen molar-refractivity contribution >= 4 is 22.8 Å². The Morgan fingerprint density at radius 1 is 1.08 bits per heavy atom. The molecule has 1 aromatic heterocycles. The number of carbonyl (C=O) groups is 2. The van der Waals surface area contributed by atoms with Gasteiger partial charge < -0.3 is 24.3 Å². The molecule has 0 atom stereocenters. The minimum absolute atomic E-state index is 0.00701. The summed E-state index contributed by atoms with van der Waals surface area (Å²) >= 11 is 0. The number of aryl methyl sites for hydroxylation is 1. The topological polar surface area (TPSA) is 87.8 Å². The summed E-state index contributed by atoms with van der Waals surface area (Å²) in [7, 11) is 1.76. The van der Waals surface area contributed by atoms with E-state index < -0.39 is 0 Å². The number of carbonyl (C=O) groups excluding carboxylic acids is 2. The van der Waals surface area contributed by atoms with E-state index in [0.29, 0.717) is 43.2 Å². The van der Waals surface area contributed by atoms with Crippen molar-refractivity contribution in [2.75, 3.05) is 46.5 Å². The number of methoxy groups -OCH3 is 1. The zero-order chi connectivity index (χ0) is 25.8. The molecule has 6 rings (SSSR count). The second-order valence-corrected chi connectivity index (χ2v) is 10.4. The summed E-state index contributed by atoms with van der Waals surface area (Å²) in [6.07, 6.45) is 4.77. The predicted octanol–water partition coefficient (Wildman–Crippen LogP) is 4.45. The summed E-state index contributed by atoms with van der Waals surface area (Å²) in [4.78, 5) is 38.5. The predicted molar refractivity (Wildman–Crippen MR) is 142 cm³/mol. The third kappa shape index (κ3) is 5.49. The largest absolute Gasteiger partial charge is 0.491 e. The quantitative estimate of drug-likeness (QED) is 0.570. The molecule has 196 valence electrons. The lowest BCUT2D eigenvalue weighted by molar-refractivity contribution is 0.0136. The van der Waals surface area contributed by atoms with Gasteiger partial charge in [-0.25, -0.2) is 4.98 Å². The first-order chi connectivity index (χ1) is 18.0. The van der Waals surface area contributed by atoms with Crippen LogP contribution >= 0.6 is 0 Å². The van der Waals surface area contributed by atoms with E-state index in [1.54, 1.807) is 7.11 Å². The van der Waals surface area contributed by atoms with E-state index in [-0.39, 0.29) is 17.2 Å². The van der Waals surface area contributed by atoms with Crippen LogP contribution in [0.15, 0.2) is 42.5 Å². The molecule has 3 aliphatic rings. The Kier molecular flexibility index (Phi) is 7.46. The maximum atomic E-state index is 13.6. The molecular formula is C29H36N4O4. The number of nitrogens with zero attached hydrogens (tertiary/aromatic N) is 3. The number of H-pyrrole nitrogens is 1. The van der Waals surface area contributed by atoms with Crippen molar-refractivity contribution in [3.05, 3.63) is 59.4 Å². The maximum Gasteiger partial charge on any atom is 0.257 e. The second-order valence-electron chi connectivity index (χ2n) is 10.4. The number of para-hydroxylation sites is 1. The van der Waals surface area contributed by atoms with Gasteiger partial charge in [0.15, 0.2) is 0 Å². The van der Waals surface area contributed by atoms with Crippen LogP contribution < -0.4 is 4.74 Å². The summed E-state index contributed by atoms with van der Waals surface area (Å²) in [6, 6.07) is 13.0. The highest BCUT2D eigenvalue weighted by molar-refractivity contribution is 5.98. The Morgan fingerprint density at radius 3 is 2.70 bits per heavy atom. The maximum absolute atomic E-state index is 13.6. The molecule has 0 saturated carbocycles. The number of fused-ring (bicyclic) bond motifs is 10. The Balaban J connectivity index is 1.39.